The molecule has 184 valence electrons. The van der Waals surface area contributed by atoms with Crippen LogP contribution in [-0.2, 0) is 14.9 Å². The van der Waals surface area contributed by atoms with Crippen molar-refractivity contribution >= 4 is 17.7 Å². The van der Waals surface area contributed by atoms with Gasteiger partial charge >= 0.3 is 5.69 Å². The lowest BCUT2D eigenvalue weighted by Crippen LogP contribution is -2.45. The van der Waals surface area contributed by atoms with E-state index in [4.69, 9.17) is 10.5 Å². The standard InChI is InChI=1S/C27H32N4O3S/c1-19-29-31(26(33)30(19)21-7-3-2-4-8-21)22-10-12-23(13-11-22)35-24-9-5-6-20(18-24)27(25(28)32)14-16-34-17-15-27/h5-6,9-13,18,21H,2-4,7-8,14-17H2,1H3,(H2,28,32). The zero-order valence-electron chi connectivity index (χ0n) is 20.1. The van der Waals surface area contributed by atoms with Crippen LogP contribution in [0.25, 0.3) is 5.69 Å². The van der Waals surface area contributed by atoms with E-state index in [1.54, 1.807) is 11.8 Å². The lowest BCUT2D eigenvalue weighted by Gasteiger charge is -2.34. The van der Waals surface area contributed by atoms with Crippen molar-refractivity contribution in [2.45, 2.75) is 73.1 Å². The normalized spacial score (nSPS) is 18.4. The summed E-state index contributed by atoms with van der Waals surface area (Å²) >= 11 is 1.62. The number of rotatable bonds is 6. The highest BCUT2D eigenvalue weighted by molar-refractivity contribution is 7.99. The number of hydrogen-bond acceptors (Lipinski definition) is 5. The van der Waals surface area contributed by atoms with Gasteiger partial charge in [0.25, 0.3) is 0 Å². The van der Waals surface area contributed by atoms with Crippen LogP contribution < -0.4 is 11.4 Å². The molecule has 1 aliphatic carbocycles. The molecule has 2 fully saturated rings. The van der Waals surface area contributed by atoms with E-state index in [1.165, 1.54) is 23.9 Å². The second kappa shape index (κ2) is 10.0. The molecule has 0 radical (unpaired) electrons. The summed E-state index contributed by atoms with van der Waals surface area (Å²) in [6.07, 6.45) is 6.89. The van der Waals surface area contributed by atoms with Crippen molar-refractivity contribution < 1.29 is 9.53 Å². The van der Waals surface area contributed by atoms with Crippen molar-refractivity contribution in [2.24, 2.45) is 5.73 Å². The van der Waals surface area contributed by atoms with Crippen LogP contribution in [0.5, 0.6) is 0 Å². The maximum absolute atomic E-state index is 13.1. The number of benzene rings is 2. The van der Waals surface area contributed by atoms with E-state index in [-0.39, 0.29) is 17.6 Å². The Hall–Kier alpha value is -2.84. The summed E-state index contributed by atoms with van der Waals surface area (Å²) in [6, 6.07) is 16.2. The third-order valence-electron chi connectivity index (χ3n) is 7.44. The average molecular weight is 493 g/mol. The molecular weight excluding hydrogens is 460 g/mol. The molecule has 1 aromatic heterocycles. The summed E-state index contributed by atoms with van der Waals surface area (Å²) in [7, 11) is 0. The van der Waals surface area contributed by atoms with Gasteiger partial charge in [0.1, 0.15) is 5.82 Å². The molecule has 0 bridgehead atoms. The number of ether oxygens (including phenoxy) is 1. The Morgan fingerprint density at radius 1 is 1.06 bits per heavy atom. The molecule has 2 aromatic carbocycles. The molecule has 1 aliphatic heterocycles. The highest BCUT2D eigenvalue weighted by Gasteiger charge is 2.40. The van der Waals surface area contributed by atoms with Crippen LogP contribution in [0.1, 0.15) is 62.4 Å². The van der Waals surface area contributed by atoms with E-state index < -0.39 is 5.41 Å². The van der Waals surface area contributed by atoms with Gasteiger partial charge in [-0.1, -0.05) is 43.2 Å². The molecule has 2 heterocycles. The molecule has 1 saturated heterocycles. The van der Waals surface area contributed by atoms with E-state index >= 15 is 0 Å². The first-order valence-corrected chi connectivity index (χ1v) is 13.2. The van der Waals surface area contributed by atoms with Crippen LogP contribution in [0.3, 0.4) is 0 Å². The Morgan fingerprint density at radius 3 is 2.46 bits per heavy atom. The summed E-state index contributed by atoms with van der Waals surface area (Å²) in [6.45, 7) is 3.00. The van der Waals surface area contributed by atoms with E-state index in [0.29, 0.717) is 26.1 Å². The predicted octanol–water partition coefficient (Wildman–Crippen LogP) is 4.53. The molecule has 2 aliphatic rings. The van der Waals surface area contributed by atoms with E-state index in [0.717, 1.165) is 39.7 Å². The van der Waals surface area contributed by atoms with E-state index in [1.807, 2.05) is 54.0 Å². The Labute approximate surface area is 209 Å². The molecule has 0 atom stereocenters. The monoisotopic (exact) mass is 492 g/mol. The van der Waals surface area contributed by atoms with Gasteiger partial charge in [-0.2, -0.15) is 9.78 Å². The van der Waals surface area contributed by atoms with Crippen LogP contribution in [0.4, 0.5) is 0 Å². The molecule has 0 spiro atoms. The zero-order chi connectivity index (χ0) is 24.4. The predicted molar refractivity (Wildman–Crippen MR) is 136 cm³/mol. The Bertz CT molecular complexity index is 1250. The fourth-order valence-electron chi connectivity index (χ4n) is 5.45. The Morgan fingerprint density at radius 2 is 1.77 bits per heavy atom. The number of hydrogen-bond donors (Lipinski definition) is 1. The van der Waals surface area contributed by atoms with E-state index in [2.05, 4.69) is 11.2 Å². The molecule has 5 rings (SSSR count). The summed E-state index contributed by atoms with van der Waals surface area (Å²) < 4.78 is 8.87. The van der Waals surface area contributed by atoms with Gasteiger partial charge in [0.2, 0.25) is 5.91 Å². The molecule has 7 nitrogen and oxygen atoms in total. The van der Waals surface area contributed by atoms with Crippen molar-refractivity contribution in [3.05, 3.63) is 70.4 Å². The van der Waals surface area contributed by atoms with Gasteiger partial charge in [-0.15, -0.1) is 0 Å². The first kappa shape index (κ1) is 23.9. The van der Waals surface area contributed by atoms with Crippen molar-refractivity contribution in [3.63, 3.8) is 0 Å². The summed E-state index contributed by atoms with van der Waals surface area (Å²) in [4.78, 5) is 27.6. The smallest absolute Gasteiger partial charge is 0.350 e. The molecular formula is C27H32N4O3S. The maximum atomic E-state index is 13.1. The van der Waals surface area contributed by atoms with Crippen LogP contribution in [0, 0.1) is 6.92 Å². The second-order valence-electron chi connectivity index (χ2n) is 9.59. The number of aryl methyl sites for hydroxylation is 1. The van der Waals surface area contributed by atoms with Crippen molar-refractivity contribution in [3.8, 4) is 5.69 Å². The molecule has 2 N–H and O–H groups in total. The van der Waals surface area contributed by atoms with Crippen LogP contribution in [0.15, 0.2) is 63.1 Å². The average Bonchev–Trinajstić information content (AvgIpc) is 3.19. The highest BCUT2D eigenvalue weighted by Crippen LogP contribution is 2.37. The van der Waals surface area contributed by atoms with E-state index in [9.17, 15) is 9.59 Å². The first-order valence-electron chi connectivity index (χ1n) is 12.4. The number of primary amides is 1. The molecule has 1 amide bonds. The van der Waals surface area contributed by atoms with Crippen LogP contribution in [-0.4, -0.2) is 33.5 Å². The maximum Gasteiger partial charge on any atom is 0.350 e. The lowest BCUT2D eigenvalue weighted by atomic mass is 9.73. The molecule has 8 heteroatoms. The largest absolute Gasteiger partial charge is 0.381 e. The Balaban J connectivity index is 1.36. The summed E-state index contributed by atoms with van der Waals surface area (Å²) in [5, 5.41) is 4.56. The number of amides is 1. The third kappa shape index (κ3) is 4.69. The fraction of sp³-hybridized carbons (Fsp3) is 0.444. The van der Waals surface area contributed by atoms with Crippen molar-refractivity contribution in [1.29, 1.82) is 0 Å². The summed E-state index contributed by atoms with van der Waals surface area (Å²) in [5.74, 6) is 0.481. The van der Waals surface area contributed by atoms with Gasteiger partial charge < -0.3 is 10.5 Å². The fourth-order valence-corrected chi connectivity index (χ4v) is 6.33. The van der Waals surface area contributed by atoms with Gasteiger partial charge in [0.15, 0.2) is 0 Å². The Kier molecular flexibility index (Phi) is 6.84. The number of nitrogens with zero attached hydrogens (tertiary/aromatic N) is 3. The minimum Gasteiger partial charge on any atom is -0.381 e. The summed E-state index contributed by atoms with van der Waals surface area (Å²) in [5.41, 5.74) is 6.83. The number of carbonyl (C=O) groups excluding carboxylic acids is 1. The van der Waals surface area contributed by atoms with Crippen LogP contribution >= 0.6 is 11.8 Å². The first-order chi connectivity index (χ1) is 17.0. The number of nitrogens with two attached hydrogens (primary N) is 1. The van der Waals surface area contributed by atoms with Crippen LogP contribution in [0.2, 0.25) is 0 Å². The topological polar surface area (TPSA) is 92.1 Å². The van der Waals surface area contributed by atoms with Gasteiger partial charge in [-0.25, -0.2) is 4.79 Å². The molecule has 35 heavy (non-hydrogen) atoms. The quantitative estimate of drug-likeness (QED) is 0.546. The highest BCUT2D eigenvalue weighted by atomic mass is 32.2. The number of carbonyl (C=O) groups is 1. The van der Waals surface area contributed by atoms with Gasteiger partial charge in [0.05, 0.1) is 11.1 Å². The lowest BCUT2D eigenvalue weighted by molar-refractivity contribution is -0.127. The van der Waals surface area contributed by atoms with Gasteiger partial charge in [-0.05, 0) is 74.6 Å². The van der Waals surface area contributed by atoms with Crippen molar-refractivity contribution in [2.75, 3.05) is 13.2 Å². The SMILES string of the molecule is Cc1nn(-c2ccc(Sc3cccc(C4(C(N)=O)CCOCC4)c3)cc2)c(=O)n1C1CCCCC1. The molecule has 0 unspecified atom stereocenters. The molecule has 3 aromatic rings. The minimum atomic E-state index is -0.672. The van der Waals surface area contributed by atoms with Crippen molar-refractivity contribution in [1.82, 2.24) is 14.3 Å². The zero-order valence-corrected chi connectivity index (χ0v) is 20.9. The number of aromatic nitrogens is 3. The third-order valence-corrected chi connectivity index (χ3v) is 8.44. The van der Waals surface area contributed by atoms with Gasteiger partial charge in [0, 0.05) is 29.0 Å². The molecule has 1 saturated carbocycles. The minimum absolute atomic E-state index is 0.0595. The van der Waals surface area contributed by atoms with Gasteiger partial charge in [-0.3, -0.25) is 9.36 Å². The second-order valence-corrected chi connectivity index (χ2v) is 10.7.